The number of nitrogens with zero attached hydrogens (tertiary/aromatic N) is 2. The average Bonchev–Trinajstić information content (AvgIpc) is 3.31. The van der Waals surface area contributed by atoms with E-state index in [1.807, 2.05) is 6.07 Å². The third-order valence-corrected chi connectivity index (χ3v) is 8.58. The molecular weight excluding hydrogens is 340 g/mol. The normalized spacial score (nSPS) is 41.7. The molecule has 5 heteroatoms. The van der Waals surface area contributed by atoms with E-state index in [-0.39, 0.29) is 28.5 Å². The van der Waals surface area contributed by atoms with Gasteiger partial charge in [0.1, 0.15) is 11.5 Å². The van der Waals surface area contributed by atoms with Gasteiger partial charge in [0, 0.05) is 32.0 Å². The molecule has 1 amide bonds. The van der Waals surface area contributed by atoms with Crippen LogP contribution in [0.2, 0.25) is 0 Å². The second-order valence-corrected chi connectivity index (χ2v) is 9.13. The Labute approximate surface area is 160 Å². The number of fused-ring (bicyclic) bond motifs is 1. The molecule has 2 spiro atoms. The smallest absolute Gasteiger partial charge is 0.224 e. The van der Waals surface area contributed by atoms with Crippen LogP contribution in [0.4, 0.5) is 5.69 Å². The van der Waals surface area contributed by atoms with E-state index < -0.39 is 0 Å². The van der Waals surface area contributed by atoms with E-state index >= 15 is 0 Å². The van der Waals surface area contributed by atoms with Crippen LogP contribution in [-0.2, 0) is 14.9 Å². The highest BCUT2D eigenvalue weighted by molar-refractivity contribution is 5.98. The van der Waals surface area contributed by atoms with Crippen LogP contribution in [0, 0.1) is 5.41 Å². The van der Waals surface area contributed by atoms with Crippen molar-refractivity contribution in [3.63, 3.8) is 0 Å². The number of hydrogen-bond donors (Lipinski definition) is 0. The lowest BCUT2D eigenvalue weighted by molar-refractivity contribution is -0.232. The fourth-order valence-corrected chi connectivity index (χ4v) is 7.98. The summed E-state index contributed by atoms with van der Waals surface area (Å²) in [6.07, 6.45) is 7.00. The Morgan fingerprint density at radius 1 is 1.22 bits per heavy atom. The van der Waals surface area contributed by atoms with E-state index in [1.54, 1.807) is 14.0 Å². The molecule has 4 atom stereocenters. The number of carbonyl (C=O) groups excluding carboxylic acids is 1. The Morgan fingerprint density at radius 3 is 2.93 bits per heavy atom. The van der Waals surface area contributed by atoms with Crippen LogP contribution in [0.5, 0.6) is 5.75 Å². The van der Waals surface area contributed by atoms with Crippen molar-refractivity contribution in [3.05, 3.63) is 23.8 Å². The van der Waals surface area contributed by atoms with Gasteiger partial charge in [-0.25, -0.2) is 0 Å². The standard InChI is InChI=1S/C22H28N2O3/c1-15(25)24-18-7-9-20-8-4-12-23-13-10-21(18,22(20,23)27-14-11-20)16-5-3-6-17(26-2)19(16)24/h3,5-6,18H,4,7-14H2,1-2H3. The van der Waals surface area contributed by atoms with Gasteiger partial charge in [-0.2, -0.15) is 0 Å². The molecule has 1 aromatic carbocycles. The molecule has 0 radical (unpaired) electrons. The molecule has 4 heterocycles. The summed E-state index contributed by atoms with van der Waals surface area (Å²) < 4.78 is 12.6. The minimum atomic E-state index is -0.244. The van der Waals surface area contributed by atoms with E-state index in [1.165, 1.54) is 18.4 Å². The molecule has 0 N–H and O–H groups in total. The van der Waals surface area contributed by atoms with Crippen LogP contribution >= 0.6 is 0 Å². The molecule has 6 rings (SSSR count). The number of hydrogen-bond acceptors (Lipinski definition) is 4. The molecule has 4 fully saturated rings. The Bertz CT molecular complexity index is 841. The second kappa shape index (κ2) is 5.06. The SMILES string of the molecule is COc1cccc2c1N(C(C)=O)C1CCC34CCCN5CCC21C53OCC4. The largest absolute Gasteiger partial charge is 0.495 e. The number of para-hydroxylation sites is 1. The van der Waals surface area contributed by atoms with Crippen LogP contribution in [-0.4, -0.2) is 49.4 Å². The zero-order chi connectivity index (χ0) is 18.4. The van der Waals surface area contributed by atoms with Crippen molar-refractivity contribution in [1.29, 1.82) is 0 Å². The van der Waals surface area contributed by atoms with Crippen LogP contribution in [0.25, 0.3) is 0 Å². The fourth-order valence-electron chi connectivity index (χ4n) is 7.98. The summed E-state index contributed by atoms with van der Waals surface area (Å²) in [6.45, 7) is 4.75. The van der Waals surface area contributed by atoms with Gasteiger partial charge >= 0.3 is 0 Å². The van der Waals surface area contributed by atoms with E-state index in [2.05, 4.69) is 21.9 Å². The van der Waals surface area contributed by atoms with E-state index in [0.29, 0.717) is 0 Å². The second-order valence-electron chi connectivity index (χ2n) is 9.13. The summed E-state index contributed by atoms with van der Waals surface area (Å²) in [4.78, 5) is 17.6. The molecule has 3 saturated heterocycles. The third kappa shape index (κ3) is 1.53. The highest BCUT2D eigenvalue weighted by atomic mass is 16.5. The van der Waals surface area contributed by atoms with Gasteiger partial charge in [-0.05, 0) is 50.2 Å². The van der Waals surface area contributed by atoms with Crippen molar-refractivity contribution in [2.75, 3.05) is 31.7 Å². The molecule has 1 saturated carbocycles. The maximum Gasteiger partial charge on any atom is 0.224 e. The molecule has 0 aromatic heterocycles. The van der Waals surface area contributed by atoms with Crippen molar-refractivity contribution in [1.82, 2.24) is 4.90 Å². The molecule has 4 unspecified atom stereocenters. The predicted molar refractivity (Wildman–Crippen MR) is 102 cm³/mol. The van der Waals surface area contributed by atoms with Crippen LogP contribution < -0.4 is 9.64 Å². The topological polar surface area (TPSA) is 42.0 Å². The number of amides is 1. The van der Waals surface area contributed by atoms with Gasteiger partial charge in [0.05, 0.1) is 24.3 Å². The van der Waals surface area contributed by atoms with Gasteiger partial charge in [-0.3, -0.25) is 9.69 Å². The van der Waals surface area contributed by atoms with Crippen LogP contribution in [0.1, 0.15) is 51.0 Å². The van der Waals surface area contributed by atoms with E-state index in [4.69, 9.17) is 9.47 Å². The number of carbonyl (C=O) groups is 1. The van der Waals surface area contributed by atoms with Crippen molar-refractivity contribution < 1.29 is 14.3 Å². The van der Waals surface area contributed by atoms with Crippen molar-refractivity contribution in [2.45, 2.75) is 62.6 Å². The zero-order valence-electron chi connectivity index (χ0n) is 16.3. The van der Waals surface area contributed by atoms with E-state index in [0.717, 1.165) is 56.8 Å². The summed E-state index contributed by atoms with van der Waals surface area (Å²) in [5.74, 6) is 0.944. The summed E-state index contributed by atoms with van der Waals surface area (Å²) in [5.41, 5.74) is 2.17. The molecule has 1 aromatic rings. The first-order valence-electron chi connectivity index (χ1n) is 10.5. The van der Waals surface area contributed by atoms with Gasteiger partial charge in [0.15, 0.2) is 0 Å². The summed E-state index contributed by atoms with van der Waals surface area (Å²) >= 11 is 0. The highest BCUT2D eigenvalue weighted by Gasteiger charge is 2.79. The summed E-state index contributed by atoms with van der Waals surface area (Å²) in [6, 6.07) is 6.52. The Balaban J connectivity index is 1.68. The van der Waals surface area contributed by atoms with Crippen LogP contribution in [0.15, 0.2) is 18.2 Å². The molecule has 5 aliphatic rings. The minimum Gasteiger partial charge on any atom is -0.495 e. The van der Waals surface area contributed by atoms with Crippen molar-refractivity contribution in [2.24, 2.45) is 5.41 Å². The first-order chi connectivity index (χ1) is 13.1. The van der Waals surface area contributed by atoms with Crippen LogP contribution in [0.3, 0.4) is 0 Å². The molecule has 27 heavy (non-hydrogen) atoms. The Hall–Kier alpha value is -1.59. The lowest BCUT2D eigenvalue weighted by atomic mass is 9.50. The fraction of sp³-hybridized carbons (Fsp3) is 0.682. The number of benzene rings is 1. The summed E-state index contributed by atoms with van der Waals surface area (Å²) in [7, 11) is 1.71. The highest BCUT2D eigenvalue weighted by Crippen LogP contribution is 2.73. The average molecular weight is 368 g/mol. The molecule has 0 bridgehead atoms. The lowest BCUT2D eigenvalue weighted by Crippen LogP contribution is -2.73. The number of methoxy groups -OCH3 is 1. The van der Waals surface area contributed by atoms with Gasteiger partial charge in [0.2, 0.25) is 5.91 Å². The predicted octanol–water partition coefficient (Wildman–Crippen LogP) is 3.06. The maximum absolute atomic E-state index is 12.9. The Kier molecular flexibility index (Phi) is 3.07. The van der Waals surface area contributed by atoms with Gasteiger partial charge in [0.25, 0.3) is 0 Å². The van der Waals surface area contributed by atoms with Gasteiger partial charge < -0.3 is 14.4 Å². The minimum absolute atomic E-state index is 0.124. The molecule has 4 aliphatic heterocycles. The lowest BCUT2D eigenvalue weighted by Gasteiger charge is -2.62. The Morgan fingerprint density at radius 2 is 2.11 bits per heavy atom. The third-order valence-electron chi connectivity index (χ3n) is 8.58. The van der Waals surface area contributed by atoms with Crippen molar-refractivity contribution >= 4 is 11.6 Å². The first-order valence-corrected chi connectivity index (χ1v) is 10.5. The molecule has 144 valence electrons. The van der Waals surface area contributed by atoms with E-state index in [9.17, 15) is 4.79 Å². The quantitative estimate of drug-likeness (QED) is 0.764. The first kappa shape index (κ1) is 16.4. The van der Waals surface area contributed by atoms with Crippen molar-refractivity contribution in [3.8, 4) is 5.75 Å². The molecule has 1 aliphatic carbocycles. The zero-order valence-corrected chi connectivity index (χ0v) is 16.3. The van der Waals surface area contributed by atoms with Gasteiger partial charge in [-0.15, -0.1) is 0 Å². The number of piperidine rings is 1. The maximum atomic E-state index is 12.9. The molecule has 5 nitrogen and oxygen atoms in total. The summed E-state index contributed by atoms with van der Waals surface area (Å²) in [5, 5.41) is 0. The number of rotatable bonds is 1. The monoisotopic (exact) mass is 368 g/mol. The van der Waals surface area contributed by atoms with Gasteiger partial charge in [-0.1, -0.05) is 12.1 Å². The number of ether oxygens (including phenoxy) is 2. The molecular formula is C22H28N2O3. The number of anilines is 1.